The lowest BCUT2D eigenvalue weighted by Gasteiger charge is -2.40. The summed E-state index contributed by atoms with van der Waals surface area (Å²) in [6.07, 6.45) is 4.78. The van der Waals surface area contributed by atoms with Crippen LogP contribution in [0.4, 0.5) is 0 Å². The van der Waals surface area contributed by atoms with Crippen LogP contribution >= 0.6 is 0 Å². The van der Waals surface area contributed by atoms with Gasteiger partial charge in [0.1, 0.15) is 6.04 Å². The van der Waals surface area contributed by atoms with Crippen molar-refractivity contribution in [2.24, 2.45) is 0 Å². The van der Waals surface area contributed by atoms with Gasteiger partial charge in [0.2, 0.25) is 5.91 Å². The van der Waals surface area contributed by atoms with Gasteiger partial charge in [0.05, 0.1) is 0 Å². The van der Waals surface area contributed by atoms with Crippen molar-refractivity contribution in [3.8, 4) is 0 Å². The molecule has 18 heavy (non-hydrogen) atoms. The van der Waals surface area contributed by atoms with Crippen molar-refractivity contribution in [2.75, 3.05) is 26.2 Å². The summed E-state index contributed by atoms with van der Waals surface area (Å²) in [6.45, 7) is 9.93. The number of amides is 1. The molecule has 0 saturated carbocycles. The molecular formula is C14H29N3O. The Hall–Kier alpha value is -0.610. The summed E-state index contributed by atoms with van der Waals surface area (Å²) in [5.41, 5.74) is 0. The Morgan fingerprint density at radius 3 is 2.56 bits per heavy atom. The Labute approximate surface area is 111 Å². The minimum atomic E-state index is 0.0156. The topological polar surface area (TPSA) is 44.4 Å². The van der Waals surface area contributed by atoms with Crippen LogP contribution in [0.1, 0.15) is 46.5 Å². The summed E-state index contributed by atoms with van der Waals surface area (Å²) in [4.78, 5) is 14.6. The van der Waals surface area contributed by atoms with Crippen LogP contribution in [-0.4, -0.2) is 49.1 Å². The van der Waals surface area contributed by atoms with Gasteiger partial charge in [0.15, 0.2) is 0 Å². The highest BCUT2D eigenvalue weighted by molar-refractivity contribution is 5.82. The van der Waals surface area contributed by atoms with Gasteiger partial charge in [-0.15, -0.1) is 0 Å². The fourth-order valence-corrected chi connectivity index (χ4v) is 2.83. The molecule has 0 aromatic carbocycles. The van der Waals surface area contributed by atoms with E-state index in [1.165, 1.54) is 25.7 Å². The zero-order chi connectivity index (χ0) is 13.4. The number of carbonyl (C=O) groups is 1. The first-order valence-electron chi connectivity index (χ1n) is 7.48. The second-order valence-electron chi connectivity index (χ2n) is 5.08. The maximum atomic E-state index is 12.1. The third-order valence-electron chi connectivity index (χ3n) is 3.65. The number of hydrogen-bond acceptors (Lipinski definition) is 3. The molecule has 4 nitrogen and oxygen atoms in total. The summed E-state index contributed by atoms with van der Waals surface area (Å²) in [7, 11) is 0. The molecule has 1 atom stereocenters. The SMILES string of the molecule is CCCC(CCC)N1CCNCC1C(=O)NCC. The van der Waals surface area contributed by atoms with Crippen molar-refractivity contribution >= 4 is 5.91 Å². The Balaban J connectivity index is 2.69. The van der Waals surface area contributed by atoms with Gasteiger partial charge in [0.25, 0.3) is 0 Å². The molecule has 1 aliphatic rings. The predicted octanol–water partition coefficient (Wildman–Crippen LogP) is 1.37. The van der Waals surface area contributed by atoms with Crippen molar-refractivity contribution in [3.63, 3.8) is 0 Å². The highest BCUT2D eigenvalue weighted by atomic mass is 16.2. The lowest BCUT2D eigenvalue weighted by atomic mass is 10.0. The molecule has 0 spiro atoms. The van der Waals surface area contributed by atoms with E-state index in [1.54, 1.807) is 0 Å². The first-order chi connectivity index (χ1) is 8.74. The van der Waals surface area contributed by atoms with Gasteiger partial charge in [-0.05, 0) is 19.8 Å². The molecular weight excluding hydrogens is 226 g/mol. The molecule has 1 fully saturated rings. The number of nitrogens with zero attached hydrogens (tertiary/aromatic N) is 1. The highest BCUT2D eigenvalue weighted by Gasteiger charge is 2.32. The molecule has 106 valence electrons. The fourth-order valence-electron chi connectivity index (χ4n) is 2.83. The average Bonchev–Trinajstić information content (AvgIpc) is 2.39. The van der Waals surface area contributed by atoms with Gasteiger partial charge in [-0.2, -0.15) is 0 Å². The van der Waals surface area contributed by atoms with E-state index in [4.69, 9.17) is 0 Å². The molecule has 0 aromatic heterocycles. The first-order valence-corrected chi connectivity index (χ1v) is 7.48. The molecule has 0 radical (unpaired) electrons. The molecule has 0 bridgehead atoms. The lowest BCUT2D eigenvalue weighted by Crippen LogP contribution is -2.60. The Kier molecular flexibility index (Phi) is 7.28. The van der Waals surface area contributed by atoms with Gasteiger partial charge >= 0.3 is 0 Å². The summed E-state index contributed by atoms with van der Waals surface area (Å²) in [5, 5.41) is 6.30. The number of likely N-dealkylation sites (N-methyl/N-ethyl adjacent to an activating group) is 1. The van der Waals surface area contributed by atoms with Crippen LogP contribution in [0.15, 0.2) is 0 Å². The zero-order valence-electron chi connectivity index (χ0n) is 12.2. The smallest absolute Gasteiger partial charge is 0.238 e. The van der Waals surface area contributed by atoms with Crippen LogP contribution in [0.25, 0.3) is 0 Å². The first kappa shape index (κ1) is 15.4. The van der Waals surface area contributed by atoms with Gasteiger partial charge in [-0.1, -0.05) is 26.7 Å². The zero-order valence-corrected chi connectivity index (χ0v) is 12.2. The van der Waals surface area contributed by atoms with Gasteiger partial charge in [0, 0.05) is 32.2 Å². The molecule has 0 aromatic rings. The largest absolute Gasteiger partial charge is 0.355 e. The minimum Gasteiger partial charge on any atom is -0.355 e. The number of rotatable bonds is 7. The van der Waals surface area contributed by atoms with E-state index in [9.17, 15) is 4.79 Å². The fraction of sp³-hybridized carbons (Fsp3) is 0.929. The van der Waals surface area contributed by atoms with E-state index in [0.717, 1.165) is 26.2 Å². The summed E-state index contributed by atoms with van der Waals surface area (Å²) >= 11 is 0. The van der Waals surface area contributed by atoms with Crippen LogP contribution in [0.5, 0.6) is 0 Å². The van der Waals surface area contributed by atoms with E-state index in [0.29, 0.717) is 6.04 Å². The Morgan fingerprint density at radius 2 is 2.00 bits per heavy atom. The van der Waals surface area contributed by atoms with E-state index < -0.39 is 0 Å². The monoisotopic (exact) mass is 255 g/mol. The Morgan fingerprint density at radius 1 is 1.33 bits per heavy atom. The van der Waals surface area contributed by atoms with Crippen LogP contribution in [0.3, 0.4) is 0 Å². The molecule has 1 heterocycles. The number of nitrogens with one attached hydrogen (secondary N) is 2. The van der Waals surface area contributed by atoms with Crippen molar-refractivity contribution in [1.82, 2.24) is 15.5 Å². The molecule has 1 saturated heterocycles. The van der Waals surface area contributed by atoms with Gasteiger partial charge in [-0.3, -0.25) is 9.69 Å². The van der Waals surface area contributed by atoms with E-state index in [2.05, 4.69) is 29.4 Å². The van der Waals surface area contributed by atoms with Crippen molar-refractivity contribution in [2.45, 2.75) is 58.5 Å². The molecule has 1 rings (SSSR count). The maximum absolute atomic E-state index is 12.1. The van der Waals surface area contributed by atoms with Crippen molar-refractivity contribution in [3.05, 3.63) is 0 Å². The summed E-state index contributed by atoms with van der Waals surface area (Å²) in [6, 6.07) is 0.580. The molecule has 1 aliphatic heterocycles. The second kappa shape index (κ2) is 8.48. The number of hydrogen-bond donors (Lipinski definition) is 2. The van der Waals surface area contributed by atoms with E-state index in [-0.39, 0.29) is 11.9 Å². The molecule has 4 heteroatoms. The number of piperazine rings is 1. The van der Waals surface area contributed by atoms with Gasteiger partial charge < -0.3 is 10.6 Å². The predicted molar refractivity (Wildman–Crippen MR) is 75.7 cm³/mol. The summed E-state index contributed by atoms with van der Waals surface area (Å²) < 4.78 is 0. The summed E-state index contributed by atoms with van der Waals surface area (Å²) in [5.74, 6) is 0.182. The van der Waals surface area contributed by atoms with Crippen LogP contribution in [0, 0.1) is 0 Å². The van der Waals surface area contributed by atoms with E-state index >= 15 is 0 Å². The maximum Gasteiger partial charge on any atom is 0.238 e. The third kappa shape index (κ3) is 4.25. The third-order valence-corrected chi connectivity index (χ3v) is 3.65. The average molecular weight is 255 g/mol. The van der Waals surface area contributed by atoms with Crippen molar-refractivity contribution in [1.29, 1.82) is 0 Å². The molecule has 1 unspecified atom stereocenters. The lowest BCUT2D eigenvalue weighted by molar-refractivity contribution is -0.128. The van der Waals surface area contributed by atoms with Crippen LogP contribution in [0.2, 0.25) is 0 Å². The number of carbonyl (C=O) groups excluding carboxylic acids is 1. The van der Waals surface area contributed by atoms with Gasteiger partial charge in [-0.25, -0.2) is 0 Å². The quantitative estimate of drug-likeness (QED) is 0.722. The minimum absolute atomic E-state index is 0.0156. The second-order valence-corrected chi connectivity index (χ2v) is 5.08. The molecule has 2 N–H and O–H groups in total. The van der Waals surface area contributed by atoms with E-state index in [1.807, 2.05) is 6.92 Å². The van der Waals surface area contributed by atoms with Crippen LogP contribution < -0.4 is 10.6 Å². The standard InChI is InChI=1S/C14H29N3O/c1-4-7-12(8-5-2)17-10-9-15-11-13(17)14(18)16-6-3/h12-13,15H,4-11H2,1-3H3,(H,16,18). The van der Waals surface area contributed by atoms with Crippen molar-refractivity contribution < 1.29 is 4.79 Å². The molecule has 0 aliphatic carbocycles. The molecule has 1 amide bonds. The van der Waals surface area contributed by atoms with Crippen LogP contribution in [-0.2, 0) is 4.79 Å². The normalized spacial score (nSPS) is 21.2. The highest BCUT2D eigenvalue weighted by Crippen LogP contribution is 2.18. The Bertz CT molecular complexity index is 239.